The summed E-state index contributed by atoms with van der Waals surface area (Å²) in [4.78, 5) is 37.0. The Kier molecular flexibility index (Phi) is 5.40. The molecule has 3 heterocycles. The molecule has 0 aliphatic rings. The minimum absolute atomic E-state index is 0.0864. The molecule has 28 heavy (non-hydrogen) atoms. The number of benzene rings is 1. The van der Waals surface area contributed by atoms with E-state index in [0.717, 1.165) is 38.1 Å². The van der Waals surface area contributed by atoms with Gasteiger partial charge in [-0.05, 0) is 23.4 Å². The van der Waals surface area contributed by atoms with Crippen LogP contribution in [0.1, 0.15) is 22.8 Å². The van der Waals surface area contributed by atoms with E-state index in [1.54, 1.807) is 6.20 Å². The third kappa shape index (κ3) is 3.65. The van der Waals surface area contributed by atoms with Gasteiger partial charge in [0.05, 0.1) is 5.75 Å². The fourth-order valence-corrected chi connectivity index (χ4v) is 4.59. The summed E-state index contributed by atoms with van der Waals surface area (Å²) >= 11 is 2.81. The van der Waals surface area contributed by atoms with Crippen LogP contribution in [0, 0.1) is 0 Å². The largest absolute Gasteiger partial charge is 0.457 e. The highest BCUT2D eigenvalue weighted by atomic mass is 32.2. The second kappa shape index (κ2) is 8.12. The molecule has 142 valence electrons. The molecule has 6 nitrogen and oxygen atoms in total. The Bertz CT molecular complexity index is 1170. The number of aromatic amines is 1. The Balaban J connectivity index is 1.37. The van der Waals surface area contributed by atoms with Crippen molar-refractivity contribution in [3.8, 4) is 0 Å². The lowest BCUT2D eigenvalue weighted by atomic mass is 10.1. The number of esters is 1. The standard InChI is InChI=1S/C20H17N3O3S2/c1-2-12-4-3-5-13-15(8-21-18(12)13)16(24)9-26-17(25)10-28-20-14-6-7-27-19(14)22-11-23-20/h3-8,11,21H,2,9-10H2,1H3. The van der Waals surface area contributed by atoms with Crippen molar-refractivity contribution in [2.45, 2.75) is 18.4 Å². The molecule has 0 saturated heterocycles. The number of fused-ring (bicyclic) bond motifs is 2. The van der Waals surface area contributed by atoms with Crippen molar-refractivity contribution in [3.05, 3.63) is 53.3 Å². The smallest absolute Gasteiger partial charge is 0.316 e. The van der Waals surface area contributed by atoms with Crippen LogP contribution in [0.4, 0.5) is 0 Å². The highest BCUT2D eigenvalue weighted by Gasteiger charge is 2.16. The van der Waals surface area contributed by atoms with E-state index in [0.29, 0.717) is 5.56 Å². The lowest BCUT2D eigenvalue weighted by molar-refractivity contribution is -0.139. The first kappa shape index (κ1) is 18.6. The number of para-hydroxylation sites is 1. The van der Waals surface area contributed by atoms with Gasteiger partial charge in [0, 0.05) is 28.0 Å². The Morgan fingerprint density at radius 2 is 2.11 bits per heavy atom. The number of Topliss-reactive ketones (excluding diaryl/α,β-unsaturated/α-hetero) is 1. The molecular weight excluding hydrogens is 394 g/mol. The molecule has 8 heteroatoms. The number of hydrogen-bond donors (Lipinski definition) is 1. The van der Waals surface area contributed by atoms with Gasteiger partial charge >= 0.3 is 5.97 Å². The van der Waals surface area contributed by atoms with Crippen LogP contribution < -0.4 is 0 Å². The van der Waals surface area contributed by atoms with E-state index in [4.69, 9.17) is 4.74 Å². The molecule has 0 amide bonds. The number of hydrogen-bond acceptors (Lipinski definition) is 7. The van der Waals surface area contributed by atoms with Crippen LogP contribution >= 0.6 is 23.1 Å². The lowest BCUT2D eigenvalue weighted by Gasteiger charge is -2.05. The molecule has 0 spiro atoms. The van der Waals surface area contributed by atoms with Gasteiger partial charge in [-0.3, -0.25) is 9.59 Å². The van der Waals surface area contributed by atoms with Gasteiger partial charge in [-0.25, -0.2) is 9.97 Å². The van der Waals surface area contributed by atoms with Crippen LogP contribution in [0.15, 0.2) is 47.2 Å². The lowest BCUT2D eigenvalue weighted by Crippen LogP contribution is -2.15. The molecule has 0 atom stereocenters. The summed E-state index contributed by atoms with van der Waals surface area (Å²) in [6, 6.07) is 7.79. The number of carbonyl (C=O) groups excluding carboxylic acids is 2. The number of nitrogens with zero attached hydrogens (tertiary/aromatic N) is 2. The van der Waals surface area contributed by atoms with Crippen molar-refractivity contribution in [1.82, 2.24) is 15.0 Å². The Morgan fingerprint density at radius 3 is 2.96 bits per heavy atom. The van der Waals surface area contributed by atoms with E-state index in [1.807, 2.05) is 29.6 Å². The summed E-state index contributed by atoms with van der Waals surface area (Å²) < 4.78 is 5.18. The maximum absolute atomic E-state index is 12.5. The molecule has 1 aromatic carbocycles. The van der Waals surface area contributed by atoms with E-state index >= 15 is 0 Å². The Hall–Kier alpha value is -2.71. The summed E-state index contributed by atoms with van der Waals surface area (Å²) in [5.74, 6) is -0.585. The van der Waals surface area contributed by atoms with Gasteiger partial charge in [-0.1, -0.05) is 36.9 Å². The second-order valence-electron chi connectivity index (χ2n) is 6.09. The van der Waals surface area contributed by atoms with Crippen molar-refractivity contribution in [2.24, 2.45) is 0 Å². The van der Waals surface area contributed by atoms with E-state index in [2.05, 4.69) is 21.9 Å². The number of rotatable bonds is 7. The SMILES string of the molecule is CCc1cccc2c(C(=O)COC(=O)CSc3ncnc4sccc34)c[nH]c12. The molecule has 4 aromatic rings. The minimum Gasteiger partial charge on any atom is -0.457 e. The van der Waals surface area contributed by atoms with Gasteiger partial charge < -0.3 is 9.72 Å². The first-order chi connectivity index (χ1) is 13.7. The Labute approximate surface area is 169 Å². The van der Waals surface area contributed by atoms with Crippen LogP contribution in [0.3, 0.4) is 0 Å². The van der Waals surface area contributed by atoms with E-state index in [1.165, 1.54) is 29.4 Å². The summed E-state index contributed by atoms with van der Waals surface area (Å²) in [7, 11) is 0. The number of thiophene rings is 1. The third-order valence-electron chi connectivity index (χ3n) is 4.40. The number of H-pyrrole nitrogens is 1. The minimum atomic E-state index is -0.450. The van der Waals surface area contributed by atoms with Crippen LogP contribution in [0.25, 0.3) is 21.1 Å². The first-order valence-electron chi connectivity index (χ1n) is 8.76. The number of aromatic nitrogens is 3. The fourth-order valence-electron chi connectivity index (χ4n) is 3.02. The van der Waals surface area contributed by atoms with Gasteiger partial charge in [0.15, 0.2) is 6.61 Å². The van der Waals surface area contributed by atoms with Crippen molar-refractivity contribution in [2.75, 3.05) is 12.4 Å². The second-order valence-corrected chi connectivity index (χ2v) is 7.95. The van der Waals surface area contributed by atoms with E-state index < -0.39 is 5.97 Å². The van der Waals surface area contributed by atoms with Crippen LogP contribution in [0.5, 0.6) is 0 Å². The molecule has 0 saturated carbocycles. The molecule has 0 radical (unpaired) electrons. The fraction of sp³-hybridized carbons (Fsp3) is 0.200. The third-order valence-corrected chi connectivity index (χ3v) is 6.20. The number of thioether (sulfide) groups is 1. The zero-order chi connectivity index (χ0) is 19.5. The average Bonchev–Trinajstić information content (AvgIpc) is 3.37. The van der Waals surface area contributed by atoms with E-state index in [9.17, 15) is 9.59 Å². The summed E-state index contributed by atoms with van der Waals surface area (Å²) in [6.07, 6.45) is 4.04. The molecular formula is C20H17N3O3S2. The monoisotopic (exact) mass is 411 g/mol. The van der Waals surface area contributed by atoms with Crippen LogP contribution in [0.2, 0.25) is 0 Å². The normalized spacial score (nSPS) is 11.2. The number of ether oxygens (including phenoxy) is 1. The highest BCUT2D eigenvalue weighted by molar-refractivity contribution is 8.00. The Morgan fingerprint density at radius 1 is 1.21 bits per heavy atom. The van der Waals surface area contributed by atoms with Gasteiger partial charge in [-0.15, -0.1) is 11.3 Å². The maximum atomic E-state index is 12.5. The zero-order valence-corrected chi connectivity index (χ0v) is 16.7. The summed E-state index contributed by atoms with van der Waals surface area (Å²) in [5.41, 5.74) is 2.65. The van der Waals surface area contributed by atoms with Gasteiger partial charge in [0.1, 0.15) is 16.2 Å². The zero-order valence-electron chi connectivity index (χ0n) is 15.1. The first-order valence-corrected chi connectivity index (χ1v) is 10.6. The number of nitrogens with one attached hydrogen (secondary N) is 1. The van der Waals surface area contributed by atoms with Gasteiger partial charge in [0.2, 0.25) is 5.78 Å². The van der Waals surface area contributed by atoms with Gasteiger partial charge in [-0.2, -0.15) is 0 Å². The molecule has 0 bridgehead atoms. The molecule has 0 fully saturated rings. The summed E-state index contributed by atoms with van der Waals surface area (Å²) in [6.45, 7) is 1.79. The average molecular weight is 412 g/mol. The molecule has 1 N–H and O–H groups in total. The van der Waals surface area contributed by atoms with Crippen molar-refractivity contribution >= 4 is 56.0 Å². The van der Waals surface area contributed by atoms with Crippen LogP contribution in [-0.2, 0) is 16.0 Å². The predicted octanol–water partition coefficient (Wildman–Crippen LogP) is 4.25. The maximum Gasteiger partial charge on any atom is 0.316 e. The summed E-state index contributed by atoms with van der Waals surface area (Å²) in [5, 5.41) is 4.45. The van der Waals surface area contributed by atoms with E-state index in [-0.39, 0.29) is 18.1 Å². The van der Waals surface area contributed by atoms with Crippen molar-refractivity contribution in [1.29, 1.82) is 0 Å². The predicted molar refractivity (Wildman–Crippen MR) is 111 cm³/mol. The van der Waals surface area contributed by atoms with Crippen LogP contribution in [-0.4, -0.2) is 39.1 Å². The molecule has 0 aliphatic carbocycles. The van der Waals surface area contributed by atoms with Crippen molar-refractivity contribution in [3.63, 3.8) is 0 Å². The number of carbonyl (C=O) groups is 2. The molecule has 0 aliphatic heterocycles. The number of aryl methyl sites for hydroxylation is 1. The quantitative estimate of drug-likeness (QED) is 0.212. The molecule has 3 aromatic heterocycles. The highest BCUT2D eigenvalue weighted by Crippen LogP contribution is 2.27. The van der Waals surface area contributed by atoms with Gasteiger partial charge in [0.25, 0.3) is 0 Å². The molecule has 4 rings (SSSR count). The van der Waals surface area contributed by atoms with Crippen molar-refractivity contribution < 1.29 is 14.3 Å². The number of ketones is 1. The molecule has 0 unspecified atom stereocenters. The topological polar surface area (TPSA) is 84.9 Å².